The third-order valence-corrected chi connectivity index (χ3v) is 4.77. The first-order chi connectivity index (χ1) is 17.3. The van der Waals surface area contributed by atoms with E-state index >= 15 is 0 Å². The maximum Gasteiger partial charge on any atom is 0.270 e. The van der Waals surface area contributed by atoms with E-state index in [0.29, 0.717) is 34.5 Å². The zero-order valence-corrected chi connectivity index (χ0v) is 19.5. The average molecular weight is 492 g/mol. The van der Waals surface area contributed by atoms with Crippen LogP contribution in [0.2, 0.25) is 0 Å². The number of aromatic nitrogens is 3. The molecule has 2 heterocycles. The highest BCUT2D eigenvalue weighted by atomic mass is 19.1. The molecule has 0 radical (unpaired) electrons. The maximum atomic E-state index is 13.2. The van der Waals surface area contributed by atoms with Gasteiger partial charge in [0.05, 0.1) is 23.8 Å². The summed E-state index contributed by atoms with van der Waals surface area (Å²) in [6, 6.07) is 13.3. The van der Waals surface area contributed by atoms with Crippen LogP contribution in [-0.2, 0) is 0 Å². The monoisotopic (exact) mass is 492 g/mol. The van der Waals surface area contributed by atoms with Crippen molar-refractivity contribution in [2.24, 2.45) is 5.10 Å². The van der Waals surface area contributed by atoms with E-state index in [1.165, 1.54) is 43.7 Å². The van der Waals surface area contributed by atoms with Crippen LogP contribution in [0.25, 0.3) is 11.3 Å². The summed E-state index contributed by atoms with van der Waals surface area (Å²) in [6.07, 6.45) is 1.40. The van der Waals surface area contributed by atoms with Crippen molar-refractivity contribution < 1.29 is 18.5 Å². The van der Waals surface area contributed by atoms with Crippen LogP contribution in [0, 0.1) is 15.9 Å². The van der Waals surface area contributed by atoms with Gasteiger partial charge in [0.25, 0.3) is 5.69 Å². The Labute approximate surface area is 204 Å². The summed E-state index contributed by atoms with van der Waals surface area (Å²) in [5, 5.41) is 18.2. The Morgan fingerprint density at radius 3 is 2.53 bits per heavy atom. The van der Waals surface area contributed by atoms with Gasteiger partial charge in [-0.15, -0.1) is 0 Å². The van der Waals surface area contributed by atoms with Crippen LogP contribution in [-0.4, -0.2) is 47.3 Å². The number of anilines is 4. The quantitative estimate of drug-likeness (QED) is 0.195. The molecule has 0 unspecified atom stereocenters. The Morgan fingerprint density at radius 2 is 1.83 bits per heavy atom. The predicted octanol–water partition coefficient (Wildman–Crippen LogP) is 4.44. The minimum atomic E-state index is -0.492. The molecule has 0 aliphatic carbocycles. The van der Waals surface area contributed by atoms with Crippen LogP contribution in [0.4, 0.5) is 33.6 Å². The number of hydrogen-bond donors (Lipinski definition) is 2. The molecule has 0 saturated carbocycles. The highest BCUT2D eigenvalue weighted by molar-refractivity contribution is 5.79. The number of hydrogen-bond acceptors (Lipinski definition) is 11. The summed E-state index contributed by atoms with van der Waals surface area (Å²) in [5.41, 5.74) is 3.67. The molecular formula is C23H21FN8O4. The first-order valence-electron chi connectivity index (χ1n) is 10.5. The number of non-ortho nitro benzene ring substituents is 1. The summed E-state index contributed by atoms with van der Waals surface area (Å²) in [7, 11) is 5.02. The number of rotatable bonds is 9. The molecule has 2 aromatic heterocycles. The van der Waals surface area contributed by atoms with Gasteiger partial charge in [0.1, 0.15) is 23.1 Å². The average Bonchev–Trinajstić information content (AvgIpc) is 3.33. The summed E-state index contributed by atoms with van der Waals surface area (Å²) >= 11 is 0. The number of halogens is 1. The fraction of sp³-hybridized carbons (Fsp3) is 0.130. The van der Waals surface area contributed by atoms with Gasteiger partial charge in [0.2, 0.25) is 17.8 Å². The van der Waals surface area contributed by atoms with Crippen LogP contribution in [0.1, 0.15) is 5.76 Å². The molecule has 0 bridgehead atoms. The molecule has 12 nitrogen and oxygen atoms in total. The zero-order chi connectivity index (χ0) is 25.7. The molecule has 0 aliphatic rings. The van der Waals surface area contributed by atoms with E-state index in [2.05, 4.69) is 30.8 Å². The molecular weight excluding hydrogens is 471 g/mol. The lowest BCUT2D eigenvalue weighted by molar-refractivity contribution is -0.384. The predicted molar refractivity (Wildman–Crippen MR) is 132 cm³/mol. The van der Waals surface area contributed by atoms with Crippen LogP contribution >= 0.6 is 0 Å². The Kier molecular flexibility index (Phi) is 6.99. The van der Waals surface area contributed by atoms with Crippen LogP contribution in [0.3, 0.4) is 0 Å². The van der Waals surface area contributed by atoms with Crippen molar-refractivity contribution in [1.82, 2.24) is 15.0 Å². The number of nitrogens with one attached hydrogen (secondary N) is 2. The molecule has 0 amide bonds. The van der Waals surface area contributed by atoms with E-state index in [1.807, 2.05) is 0 Å². The Balaban J connectivity index is 1.52. The summed E-state index contributed by atoms with van der Waals surface area (Å²) in [5.74, 6) is 1.57. The molecule has 4 rings (SSSR count). The number of nitro groups is 1. The van der Waals surface area contributed by atoms with Crippen LogP contribution in [0.5, 0.6) is 5.75 Å². The highest BCUT2D eigenvalue weighted by Crippen LogP contribution is 2.34. The molecule has 2 aromatic carbocycles. The number of ether oxygens (including phenoxy) is 1. The van der Waals surface area contributed by atoms with Crippen LogP contribution in [0.15, 0.2) is 64.1 Å². The van der Waals surface area contributed by atoms with Crippen molar-refractivity contribution in [2.75, 3.05) is 36.8 Å². The van der Waals surface area contributed by atoms with E-state index in [-0.39, 0.29) is 23.4 Å². The van der Waals surface area contributed by atoms with Crippen molar-refractivity contribution in [2.45, 2.75) is 0 Å². The molecule has 0 fully saturated rings. The second-order valence-corrected chi connectivity index (χ2v) is 7.52. The highest BCUT2D eigenvalue weighted by Gasteiger charge is 2.16. The third kappa shape index (κ3) is 5.70. The largest absolute Gasteiger partial charge is 0.496 e. The van der Waals surface area contributed by atoms with Gasteiger partial charge in [-0.05, 0) is 42.5 Å². The number of nitrogens with zero attached hydrogens (tertiary/aromatic N) is 6. The van der Waals surface area contributed by atoms with E-state index in [4.69, 9.17) is 9.15 Å². The zero-order valence-electron chi connectivity index (χ0n) is 19.5. The van der Waals surface area contributed by atoms with Gasteiger partial charge in [0.15, 0.2) is 0 Å². The topological polar surface area (TPSA) is 144 Å². The lowest BCUT2D eigenvalue weighted by atomic mass is 10.1. The molecule has 2 N–H and O–H groups in total. The lowest BCUT2D eigenvalue weighted by Crippen LogP contribution is -2.15. The minimum Gasteiger partial charge on any atom is -0.496 e. The Morgan fingerprint density at radius 1 is 1.08 bits per heavy atom. The van der Waals surface area contributed by atoms with Crippen molar-refractivity contribution in [1.29, 1.82) is 0 Å². The first kappa shape index (κ1) is 24.1. The third-order valence-electron chi connectivity index (χ3n) is 4.77. The van der Waals surface area contributed by atoms with Crippen LogP contribution < -0.4 is 20.4 Å². The maximum absolute atomic E-state index is 13.2. The number of nitro benzene ring substituents is 1. The summed E-state index contributed by atoms with van der Waals surface area (Å²) < 4.78 is 24.2. The van der Waals surface area contributed by atoms with Gasteiger partial charge in [-0.1, -0.05) is 0 Å². The van der Waals surface area contributed by atoms with E-state index in [0.717, 1.165) is 0 Å². The van der Waals surface area contributed by atoms with Gasteiger partial charge in [0, 0.05) is 31.9 Å². The van der Waals surface area contributed by atoms with E-state index in [1.54, 1.807) is 43.3 Å². The molecule has 184 valence electrons. The van der Waals surface area contributed by atoms with Gasteiger partial charge in [-0.3, -0.25) is 10.1 Å². The number of benzene rings is 2. The molecule has 0 spiro atoms. The Bertz CT molecular complexity index is 1410. The van der Waals surface area contributed by atoms with E-state index in [9.17, 15) is 14.5 Å². The number of hydrazone groups is 1. The SMILES string of the molecule is COc1ccc([N+](=O)[O-])cc1-c1ccc(/C=N/Nc2nc(Nc3ccc(F)cc3)nc(N(C)C)n2)o1. The minimum absolute atomic E-state index is 0.0873. The summed E-state index contributed by atoms with van der Waals surface area (Å²) in [6.45, 7) is 0. The molecule has 0 saturated heterocycles. The van der Waals surface area contributed by atoms with Gasteiger partial charge in [-0.25, -0.2) is 9.82 Å². The standard InChI is InChI=1S/C23H21FN8O4/c1-31(2)23-28-21(26-15-6-4-14(24)5-7-15)27-22(29-23)30-25-13-17-9-11-20(36-17)18-12-16(32(33)34)8-10-19(18)35-3/h4-13H,1-3H3,(H2,26,27,28,29,30)/b25-13+. The summed E-state index contributed by atoms with van der Waals surface area (Å²) in [4.78, 5) is 25.2. The van der Waals surface area contributed by atoms with Crippen molar-refractivity contribution in [3.05, 3.63) is 76.3 Å². The van der Waals surface area contributed by atoms with Gasteiger partial charge < -0.3 is 19.4 Å². The molecule has 36 heavy (non-hydrogen) atoms. The van der Waals surface area contributed by atoms with Crippen molar-refractivity contribution in [3.8, 4) is 17.1 Å². The van der Waals surface area contributed by atoms with E-state index < -0.39 is 4.92 Å². The second-order valence-electron chi connectivity index (χ2n) is 7.52. The molecule has 4 aromatic rings. The number of furan rings is 1. The van der Waals surface area contributed by atoms with Gasteiger partial charge >= 0.3 is 0 Å². The molecule has 0 atom stereocenters. The fourth-order valence-electron chi connectivity index (χ4n) is 3.06. The molecule has 0 aliphatic heterocycles. The fourth-order valence-corrected chi connectivity index (χ4v) is 3.06. The Hall–Kier alpha value is -5.07. The number of methoxy groups -OCH3 is 1. The smallest absolute Gasteiger partial charge is 0.270 e. The molecule has 13 heteroatoms. The normalized spacial score (nSPS) is 10.9. The first-order valence-corrected chi connectivity index (χ1v) is 10.5. The lowest BCUT2D eigenvalue weighted by Gasteiger charge is -2.13. The second kappa shape index (κ2) is 10.5. The van der Waals surface area contributed by atoms with Crippen molar-refractivity contribution in [3.63, 3.8) is 0 Å². The van der Waals surface area contributed by atoms with Crippen molar-refractivity contribution >= 4 is 35.4 Å². The van der Waals surface area contributed by atoms with Gasteiger partial charge in [-0.2, -0.15) is 20.1 Å².